The number of carbonyl (C=O) groups is 2. The van der Waals surface area contributed by atoms with Crippen molar-refractivity contribution in [3.63, 3.8) is 0 Å². The van der Waals surface area contributed by atoms with Crippen molar-refractivity contribution in [3.8, 4) is 11.5 Å². The maximum absolute atomic E-state index is 13.8. The number of likely N-dealkylation sites (tertiary alicyclic amines) is 1. The molecule has 0 radical (unpaired) electrons. The molecule has 7 nitrogen and oxygen atoms in total. The third-order valence-electron chi connectivity index (χ3n) is 6.43. The smallest absolute Gasteiger partial charge is 0.282 e. The van der Waals surface area contributed by atoms with Gasteiger partial charge in [-0.2, -0.15) is 0 Å². The van der Waals surface area contributed by atoms with E-state index in [0.29, 0.717) is 34.9 Å². The number of nitrogens with zero attached hydrogens (tertiary/aromatic N) is 3. The van der Waals surface area contributed by atoms with E-state index in [2.05, 4.69) is 11.9 Å². The minimum atomic E-state index is -0.344. The second kappa shape index (κ2) is 9.67. The minimum absolute atomic E-state index is 0.184. The highest BCUT2D eigenvalue weighted by Crippen LogP contribution is 2.39. The fourth-order valence-electron chi connectivity index (χ4n) is 4.59. The van der Waals surface area contributed by atoms with Crippen LogP contribution in [0.4, 0.5) is 5.69 Å². The van der Waals surface area contributed by atoms with E-state index in [1.165, 1.54) is 12.0 Å². The molecule has 2 amide bonds. The van der Waals surface area contributed by atoms with Crippen LogP contribution in [0.3, 0.4) is 0 Å². The summed E-state index contributed by atoms with van der Waals surface area (Å²) in [6.07, 6.45) is 1.87. The second-order valence-corrected chi connectivity index (χ2v) is 8.44. The molecule has 0 N–H and O–H groups in total. The zero-order valence-electron chi connectivity index (χ0n) is 19.7. The predicted octanol–water partition coefficient (Wildman–Crippen LogP) is 3.40. The number of amides is 2. The number of carbonyl (C=O) groups excluding carboxylic acids is 2. The van der Waals surface area contributed by atoms with Crippen molar-refractivity contribution in [1.82, 2.24) is 9.80 Å². The van der Waals surface area contributed by atoms with Crippen LogP contribution in [-0.2, 0) is 9.59 Å². The van der Waals surface area contributed by atoms with Gasteiger partial charge in [0.1, 0.15) is 17.2 Å². The Bertz CT molecular complexity index is 1060. The van der Waals surface area contributed by atoms with Gasteiger partial charge in [-0.3, -0.25) is 9.59 Å². The maximum Gasteiger partial charge on any atom is 0.282 e. The number of ether oxygens (including phenoxy) is 2. The van der Waals surface area contributed by atoms with E-state index in [9.17, 15) is 9.59 Å². The average molecular weight is 450 g/mol. The van der Waals surface area contributed by atoms with Crippen LogP contribution in [0.25, 0.3) is 5.57 Å². The summed E-state index contributed by atoms with van der Waals surface area (Å²) in [4.78, 5) is 33.1. The van der Waals surface area contributed by atoms with Gasteiger partial charge in [0.25, 0.3) is 11.8 Å². The number of imide groups is 1. The van der Waals surface area contributed by atoms with Crippen molar-refractivity contribution >= 4 is 23.1 Å². The van der Waals surface area contributed by atoms with Crippen molar-refractivity contribution < 1.29 is 19.1 Å². The first-order valence-corrected chi connectivity index (χ1v) is 11.4. The molecule has 2 aromatic carbocycles. The normalized spacial score (nSPS) is 17.6. The molecular formula is C26H31N3O4. The Labute approximate surface area is 195 Å². The molecule has 0 spiro atoms. The van der Waals surface area contributed by atoms with Crippen LogP contribution in [-0.4, -0.2) is 68.6 Å². The summed E-state index contributed by atoms with van der Waals surface area (Å²) in [5.41, 5.74) is 1.99. The first-order chi connectivity index (χ1) is 16.0. The molecular weight excluding hydrogens is 418 g/mol. The SMILES string of the molecule is CCOc1ccc(C2=C(N(C)C3CCN(C)CC3)C(=O)N(c3ccccc3OC)C2=O)cc1. The second-order valence-electron chi connectivity index (χ2n) is 8.44. The van der Waals surface area contributed by atoms with E-state index in [1.807, 2.05) is 49.2 Å². The van der Waals surface area contributed by atoms with E-state index < -0.39 is 0 Å². The summed E-state index contributed by atoms with van der Waals surface area (Å²) in [6.45, 7) is 4.40. The number of benzene rings is 2. The summed E-state index contributed by atoms with van der Waals surface area (Å²) < 4.78 is 11.0. The van der Waals surface area contributed by atoms with E-state index in [1.54, 1.807) is 18.2 Å². The van der Waals surface area contributed by atoms with Gasteiger partial charge in [-0.25, -0.2) is 4.90 Å². The molecule has 33 heavy (non-hydrogen) atoms. The van der Waals surface area contributed by atoms with Gasteiger partial charge in [-0.1, -0.05) is 24.3 Å². The van der Waals surface area contributed by atoms with Gasteiger partial charge in [0.2, 0.25) is 0 Å². The zero-order valence-corrected chi connectivity index (χ0v) is 19.7. The lowest BCUT2D eigenvalue weighted by Gasteiger charge is -2.36. The number of hydrogen-bond acceptors (Lipinski definition) is 6. The third-order valence-corrected chi connectivity index (χ3v) is 6.43. The Morgan fingerprint density at radius 3 is 2.30 bits per heavy atom. The molecule has 174 valence electrons. The Hall–Kier alpha value is -3.32. The maximum atomic E-state index is 13.8. The Kier molecular flexibility index (Phi) is 6.70. The van der Waals surface area contributed by atoms with Crippen LogP contribution in [0.5, 0.6) is 11.5 Å². The molecule has 1 saturated heterocycles. The van der Waals surface area contributed by atoms with Gasteiger partial charge < -0.3 is 19.3 Å². The van der Waals surface area contributed by atoms with E-state index >= 15 is 0 Å². The number of methoxy groups -OCH3 is 1. The summed E-state index contributed by atoms with van der Waals surface area (Å²) in [5, 5.41) is 0. The van der Waals surface area contributed by atoms with Gasteiger partial charge in [0.05, 0.1) is 25.0 Å². The van der Waals surface area contributed by atoms with Crippen LogP contribution in [0.15, 0.2) is 54.2 Å². The van der Waals surface area contributed by atoms with Gasteiger partial charge >= 0.3 is 0 Å². The largest absolute Gasteiger partial charge is 0.495 e. The first kappa shape index (κ1) is 22.9. The monoisotopic (exact) mass is 449 g/mol. The summed E-state index contributed by atoms with van der Waals surface area (Å²) in [6, 6.07) is 14.7. The summed E-state index contributed by atoms with van der Waals surface area (Å²) in [5.74, 6) is 0.539. The summed E-state index contributed by atoms with van der Waals surface area (Å²) in [7, 11) is 5.57. The molecule has 0 aromatic heterocycles. The zero-order chi connectivity index (χ0) is 23.5. The molecule has 0 bridgehead atoms. The van der Waals surface area contributed by atoms with Crippen molar-refractivity contribution in [3.05, 3.63) is 59.8 Å². The Morgan fingerprint density at radius 2 is 1.67 bits per heavy atom. The third kappa shape index (κ3) is 4.33. The number of rotatable bonds is 7. The Balaban J connectivity index is 1.78. The molecule has 0 saturated carbocycles. The Morgan fingerprint density at radius 1 is 1.00 bits per heavy atom. The molecule has 4 rings (SSSR count). The standard InChI is InChI=1S/C26H31N3O4/c1-5-33-20-12-10-18(11-13-20)23-24(28(3)19-14-16-27(2)17-15-19)26(31)29(25(23)30)21-8-6-7-9-22(21)32-4/h6-13,19H,5,14-17H2,1-4H3. The molecule has 2 aromatic rings. The van der Waals surface area contributed by atoms with Gasteiger partial charge in [-0.15, -0.1) is 0 Å². The first-order valence-electron chi connectivity index (χ1n) is 11.4. The number of piperidine rings is 1. The summed E-state index contributed by atoms with van der Waals surface area (Å²) >= 11 is 0. The lowest BCUT2D eigenvalue weighted by molar-refractivity contribution is -0.120. The van der Waals surface area contributed by atoms with Crippen LogP contribution < -0.4 is 14.4 Å². The fourth-order valence-corrected chi connectivity index (χ4v) is 4.59. The number of anilines is 1. The van der Waals surface area contributed by atoms with Crippen LogP contribution in [0.2, 0.25) is 0 Å². The quantitative estimate of drug-likeness (QED) is 0.604. The van der Waals surface area contributed by atoms with Crippen LogP contribution >= 0.6 is 0 Å². The van der Waals surface area contributed by atoms with E-state index in [0.717, 1.165) is 31.7 Å². The van der Waals surface area contributed by atoms with Gasteiger partial charge in [0, 0.05) is 13.1 Å². The van der Waals surface area contributed by atoms with Crippen molar-refractivity contribution in [2.45, 2.75) is 25.8 Å². The van der Waals surface area contributed by atoms with Crippen LogP contribution in [0, 0.1) is 0 Å². The van der Waals surface area contributed by atoms with Crippen molar-refractivity contribution in [1.29, 1.82) is 0 Å². The molecule has 1 fully saturated rings. The molecule has 2 aliphatic heterocycles. The minimum Gasteiger partial charge on any atom is -0.495 e. The molecule has 2 heterocycles. The molecule has 0 unspecified atom stereocenters. The highest BCUT2D eigenvalue weighted by molar-refractivity contribution is 6.45. The lowest BCUT2D eigenvalue weighted by atomic mass is 10.00. The highest BCUT2D eigenvalue weighted by atomic mass is 16.5. The fraction of sp³-hybridized carbons (Fsp3) is 0.385. The van der Waals surface area contributed by atoms with Crippen molar-refractivity contribution in [2.75, 3.05) is 45.8 Å². The van der Waals surface area contributed by atoms with Crippen molar-refractivity contribution in [2.24, 2.45) is 0 Å². The topological polar surface area (TPSA) is 62.3 Å². The molecule has 0 atom stereocenters. The van der Waals surface area contributed by atoms with Crippen LogP contribution in [0.1, 0.15) is 25.3 Å². The number of para-hydroxylation sites is 2. The van der Waals surface area contributed by atoms with Gasteiger partial charge in [-0.05, 0) is 69.7 Å². The highest BCUT2D eigenvalue weighted by Gasteiger charge is 2.44. The number of likely N-dealkylation sites (N-methyl/N-ethyl adjacent to an activating group) is 1. The lowest BCUT2D eigenvalue weighted by Crippen LogP contribution is -2.43. The van der Waals surface area contributed by atoms with E-state index in [4.69, 9.17) is 9.47 Å². The van der Waals surface area contributed by atoms with E-state index in [-0.39, 0.29) is 17.9 Å². The average Bonchev–Trinajstić information content (AvgIpc) is 3.09. The predicted molar refractivity (Wildman–Crippen MR) is 128 cm³/mol. The molecule has 0 aliphatic carbocycles. The van der Waals surface area contributed by atoms with Gasteiger partial charge in [0.15, 0.2) is 0 Å². The number of hydrogen-bond donors (Lipinski definition) is 0. The molecule has 7 heteroatoms. The molecule has 2 aliphatic rings.